The molecule has 1 aliphatic heterocycles. The Morgan fingerprint density at radius 2 is 1.88 bits per heavy atom. The van der Waals surface area contributed by atoms with E-state index in [9.17, 15) is 24.8 Å². The van der Waals surface area contributed by atoms with Crippen molar-refractivity contribution in [2.45, 2.75) is 6.04 Å². The molecular formula is C22H22N2O8. The van der Waals surface area contributed by atoms with Crippen molar-refractivity contribution in [3.63, 3.8) is 0 Å². The molecule has 1 unspecified atom stereocenters. The molecule has 0 aromatic heterocycles. The van der Waals surface area contributed by atoms with Gasteiger partial charge in [0, 0.05) is 24.2 Å². The Balaban J connectivity index is 2.08. The average molecular weight is 442 g/mol. The number of ketones is 1. The van der Waals surface area contributed by atoms with Crippen LogP contribution in [0.25, 0.3) is 5.76 Å². The normalized spacial score (nSPS) is 17.6. The molecule has 0 radical (unpaired) electrons. The molecule has 0 bridgehead atoms. The second-order valence-electron chi connectivity index (χ2n) is 6.91. The van der Waals surface area contributed by atoms with Gasteiger partial charge in [0.05, 0.1) is 43.5 Å². The van der Waals surface area contributed by atoms with Crippen LogP contribution in [0, 0.1) is 10.1 Å². The Bertz CT molecular complexity index is 1050. The van der Waals surface area contributed by atoms with Crippen molar-refractivity contribution in [2.24, 2.45) is 0 Å². The molecule has 1 aliphatic rings. The Hall–Kier alpha value is -3.76. The van der Waals surface area contributed by atoms with Crippen LogP contribution in [0.2, 0.25) is 0 Å². The van der Waals surface area contributed by atoms with Gasteiger partial charge in [-0.2, -0.15) is 0 Å². The SMILES string of the molecule is COc1cccc(C2/C(=C(\O)c3ccc([N+](=O)[O-])cc3)C(=O)C(=O)N2CCOCCO)c1. The first-order valence-corrected chi connectivity index (χ1v) is 9.74. The number of carbonyl (C=O) groups excluding carboxylic acids is 2. The van der Waals surface area contributed by atoms with E-state index >= 15 is 0 Å². The van der Waals surface area contributed by atoms with Crippen LogP contribution >= 0.6 is 0 Å². The smallest absolute Gasteiger partial charge is 0.295 e. The van der Waals surface area contributed by atoms with Gasteiger partial charge < -0.3 is 24.6 Å². The molecule has 0 saturated carbocycles. The van der Waals surface area contributed by atoms with E-state index in [0.29, 0.717) is 11.3 Å². The van der Waals surface area contributed by atoms with Gasteiger partial charge in [-0.15, -0.1) is 0 Å². The lowest BCUT2D eigenvalue weighted by atomic mass is 9.95. The third kappa shape index (κ3) is 4.61. The first-order valence-electron chi connectivity index (χ1n) is 9.74. The number of nitro groups is 1. The number of benzene rings is 2. The minimum Gasteiger partial charge on any atom is -0.507 e. The zero-order valence-electron chi connectivity index (χ0n) is 17.3. The molecule has 2 aromatic rings. The molecule has 2 aromatic carbocycles. The summed E-state index contributed by atoms with van der Waals surface area (Å²) in [5, 5.41) is 30.7. The Morgan fingerprint density at radius 3 is 2.50 bits per heavy atom. The van der Waals surface area contributed by atoms with Gasteiger partial charge in [0.1, 0.15) is 11.5 Å². The van der Waals surface area contributed by atoms with Crippen molar-refractivity contribution in [3.8, 4) is 5.75 Å². The van der Waals surface area contributed by atoms with E-state index < -0.39 is 28.4 Å². The van der Waals surface area contributed by atoms with Crippen LogP contribution in [-0.4, -0.2) is 65.2 Å². The molecule has 10 heteroatoms. The van der Waals surface area contributed by atoms with Crippen LogP contribution in [0.5, 0.6) is 5.75 Å². The predicted octanol–water partition coefficient (Wildman–Crippen LogP) is 2.03. The van der Waals surface area contributed by atoms with Gasteiger partial charge in [-0.1, -0.05) is 12.1 Å². The highest BCUT2D eigenvalue weighted by atomic mass is 16.6. The molecule has 1 fully saturated rings. The highest BCUT2D eigenvalue weighted by Crippen LogP contribution is 2.40. The third-order valence-electron chi connectivity index (χ3n) is 5.01. The molecule has 0 spiro atoms. The average Bonchev–Trinajstić information content (AvgIpc) is 3.06. The van der Waals surface area contributed by atoms with Crippen molar-refractivity contribution in [3.05, 3.63) is 75.3 Å². The molecule has 3 rings (SSSR count). The van der Waals surface area contributed by atoms with Crippen molar-refractivity contribution in [2.75, 3.05) is 33.5 Å². The fourth-order valence-electron chi connectivity index (χ4n) is 3.49. The summed E-state index contributed by atoms with van der Waals surface area (Å²) in [5.41, 5.74) is 0.388. The number of ether oxygens (including phenoxy) is 2. The number of carbonyl (C=O) groups is 2. The summed E-state index contributed by atoms with van der Waals surface area (Å²) in [4.78, 5) is 37.3. The van der Waals surface area contributed by atoms with E-state index in [-0.39, 0.29) is 43.2 Å². The predicted molar refractivity (Wildman–Crippen MR) is 113 cm³/mol. The van der Waals surface area contributed by atoms with Crippen LogP contribution in [-0.2, 0) is 14.3 Å². The summed E-state index contributed by atoms with van der Waals surface area (Å²) in [6, 6.07) is 10.9. The zero-order valence-corrected chi connectivity index (χ0v) is 17.3. The summed E-state index contributed by atoms with van der Waals surface area (Å²) < 4.78 is 10.5. The highest BCUT2D eigenvalue weighted by Gasteiger charge is 2.46. The molecule has 1 atom stereocenters. The van der Waals surface area contributed by atoms with Crippen molar-refractivity contribution >= 4 is 23.1 Å². The molecule has 0 aliphatic carbocycles. The number of Topliss-reactive ketones (excluding diaryl/α,β-unsaturated/α-hetero) is 1. The molecule has 1 amide bonds. The Kier molecular flexibility index (Phi) is 7.18. The Labute approximate surface area is 183 Å². The van der Waals surface area contributed by atoms with Crippen LogP contribution in [0.4, 0.5) is 5.69 Å². The summed E-state index contributed by atoms with van der Waals surface area (Å²) >= 11 is 0. The van der Waals surface area contributed by atoms with Gasteiger partial charge in [-0.05, 0) is 29.8 Å². The van der Waals surface area contributed by atoms with E-state index in [1.54, 1.807) is 24.3 Å². The van der Waals surface area contributed by atoms with Crippen molar-refractivity contribution < 1.29 is 34.2 Å². The first-order chi connectivity index (χ1) is 15.4. The van der Waals surface area contributed by atoms with Gasteiger partial charge in [-0.25, -0.2) is 0 Å². The van der Waals surface area contributed by atoms with Gasteiger partial charge >= 0.3 is 0 Å². The number of nitro benzene ring substituents is 1. The lowest BCUT2D eigenvalue weighted by molar-refractivity contribution is -0.384. The monoisotopic (exact) mass is 442 g/mol. The van der Waals surface area contributed by atoms with Crippen LogP contribution < -0.4 is 4.74 Å². The standard InChI is InChI=1S/C22H22N2O8/c1-31-17-4-2-3-15(13-17)19-18(20(26)14-5-7-16(8-6-14)24(29)30)21(27)22(28)23(19)9-11-32-12-10-25/h2-8,13,19,25-26H,9-12H2,1H3/b20-18+. The largest absolute Gasteiger partial charge is 0.507 e. The number of methoxy groups -OCH3 is 1. The summed E-state index contributed by atoms with van der Waals surface area (Å²) in [6.07, 6.45) is 0. The van der Waals surface area contributed by atoms with Crippen LogP contribution in [0.15, 0.2) is 54.1 Å². The second-order valence-corrected chi connectivity index (χ2v) is 6.91. The number of hydrogen-bond donors (Lipinski definition) is 2. The van der Waals surface area contributed by atoms with Gasteiger partial charge in [0.15, 0.2) is 0 Å². The van der Waals surface area contributed by atoms with E-state index in [4.69, 9.17) is 14.6 Å². The summed E-state index contributed by atoms with van der Waals surface area (Å²) in [6.45, 7) is 0.0178. The first kappa shape index (κ1) is 22.9. The maximum Gasteiger partial charge on any atom is 0.295 e. The lowest BCUT2D eigenvalue weighted by Crippen LogP contribution is -2.33. The van der Waals surface area contributed by atoms with Gasteiger partial charge in [-0.3, -0.25) is 19.7 Å². The van der Waals surface area contributed by atoms with Gasteiger partial charge in [0.25, 0.3) is 17.4 Å². The minimum atomic E-state index is -0.919. The van der Waals surface area contributed by atoms with Crippen LogP contribution in [0.3, 0.4) is 0 Å². The maximum atomic E-state index is 12.9. The number of aliphatic hydroxyl groups excluding tert-OH is 2. The fourth-order valence-corrected chi connectivity index (χ4v) is 3.49. The van der Waals surface area contributed by atoms with E-state index in [1.165, 1.54) is 36.3 Å². The molecule has 32 heavy (non-hydrogen) atoms. The fraction of sp³-hybridized carbons (Fsp3) is 0.273. The molecule has 10 nitrogen and oxygen atoms in total. The van der Waals surface area contributed by atoms with E-state index in [2.05, 4.69) is 0 Å². The zero-order chi connectivity index (χ0) is 23.3. The minimum absolute atomic E-state index is 0.0451. The third-order valence-corrected chi connectivity index (χ3v) is 5.01. The van der Waals surface area contributed by atoms with Crippen LogP contribution in [0.1, 0.15) is 17.2 Å². The topological polar surface area (TPSA) is 139 Å². The number of amides is 1. The molecule has 2 N–H and O–H groups in total. The second kappa shape index (κ2) is 10.0. The molecular weight excluding hydrogens is 420 g/mol. The Morgan fingerprint density at radius 1 is 1.16 bits per heavy atom. The number of rotatable bonds is 9. The van der Waals surface area contributed by atoms with Gasteiger partial charge in [0.2, 0.25) is 0 Å². The number of nitrogens with zero attached hydrogens (tertiary/aromatic N) is 2. The highest BCUT2D eigenvalue weighted by molar-refractivity contribution is 6.46. The van der Waals surface area contributed by atoms with Crippen molar-refractivity contribution in [1.29, 1.82) is 0 Å². The van der Waals surface area contributed by atoms with E-state index in [1.807, 2.05) is 0 Å². The quantitative estimate of drug-likeness (QED) is 0.150. The maximum absolute atomic E-state index is 12.9. The number of non-ortho nitro benzene ring substituents is 1. The number of likely N-dealkylation sites (tertiary alicyclic amines) is 1. The number of aliphatic hydroxyl groups is 2. The summed E-state index contributed by atoms with van der Waals surface area (Å²) in [5.74, 6) is -1.63. The summed E-state index contributed by atoms with van der Waals surface area (Å²) in [7, 11) is 1.48. The molecule has 1 saturated heterocycles. The van der Waals surface area contributed by atoms with E-state index in [0.717, 1.165) is 0 Å². The van der Waals surface area contributed by atoms with Crippen molar-refractivity contribution in [1.82, 2.24) is 4.90 Å². The molecule has 1 heterocycles. The molecule has 168 valence electrons. The number of hydrogen-bond acceptors (Lipinski definition) is 8. The lowest BCUT2D eigenvalue weighted by Gasteiger charge is -2.25.